The Hall–Kier alpha value is -2.53. The molecule has 0 unspecified atom stereocenters. The summed E-state index contributed by atoms with van der Waals surface area (Å²) in [5.74, 6) is 0.841. The first kappa shape index (κ1) is 17.3. The van der Waals surface area contributed by atoms with Gasteiger partial charge in [0.2, 0.25) is 5.76 Å². The molecule has 3 rings (SSSR count). The van der Waals surface area contributed by atoms with Crippen molar-refractivity contribution in [1.29, 1.82) is 0 Å². The number of carbonyl (C=O) groups excluding carboxylic acids is 2. The average molecular weight is 354 g/mol. The summed E-state index contributed by atoms with van der Waals surface area (Å²) in [7, 11) is 0. The molecule has 128 valence electrons. The molecule has 0 fully saturated rings. The molecule has 0 atom stereocenters. The van der Waals surface area contributed by atoms with E-state index in [9.17, 15) is 9.59 Å². The highest BCUT2D eigenvalue weighted by atomic mass is 32.2. The molecule has 3 aromatic rings. The van der Waals surface area contributed by atoms with Crippen LogP contribution in [0.4, 0.5) is 0 Å². The van der Waals surface area contributed by atoms with E-state index in [1.54, 1.807) is 11.8 Å². The summed E-state index contributed by atoms with van der Waals surface area (Å²) in [5.41, 5.74) is 2.68. The van der Waals surface area contributed by atoms with E-state index < -0.39 is 5.97 Å². The third kappa shape index (κ3) is 4.31. The van der Waals surface area contributed by atoms with Gasteiger partial charge in [-0.2, -0.15) is 11.8 Å². The van der Waals surface area contributed by atoms with Gasteiger partial charge in [0.15, 0.2) is 5.78 Å². The highest BCUT2D eigenvalue weighted by Gasteiger charge is 2.22. The molecule has 1 heterocycles. The lowest BCUT2D eigenvalue weighted by atomic mass is 10.1. The Morgan fingerprint density at radius 3 is 2.48 bits per heavy atom. The lowest BCUT2D eigenvalue weighted by Gasteiger charge is -2.04. The summed E-state index contributed by atoms with van der Waals surface area (Å²) >= 11 is 1.70. The summed E-state index contributed by atoms with van der Waals surface area (Å²) in [5, 5.41) is 0.901. The molecule has 0 aliphatic heterocycles. The first-order valence-electron chi connectivity index (χ1n) is 7.94. The molecular formula is C20H18O4S. The second kappa shape index (κ2) is 8.03. The number of rotatable bonds is 7. The maximum absolute atomic E-state index is 12.3. The number of hydrogen-bond acceptors (Lipinski definition) is 5. The van der Waals surface area contributed by atoms with Gasteiger partial charge in [-0.3, -0.25) is 4.79 Å². The molecule has 1 aromatic heterocycles. The quantitative estimate of drug-likeness (QED) is 0.580. The number of esters is 1. The van der Waals surface area contributed by atoms with Crippen LogP contribution < -0.4 is 0 Å². The first-order chi connectivity index (χ1) is 12.1. The van der Waals surface area contributed by atoms with Crippen molar-refractivity contribution in [3.8, 4) is 0 Å². The molecule has 0 amide bonds. The van der Waals surface area contributed by atoms with Crippen molar-refractivity contribution in [2.24, 2.45) is 0 Å². The van der Waals surface area contributed by atoms with Crippen LogP contribution in [-0.2, 0) is 21.0 Å². The van der Waals surface area contributed by atoms with Gasteiger partial charge in [0, 0.05) is 22.5 Å². The Balaban J connectivity index is 1.80. The van der Waals surface area contributed by atoms with Gasteiger partial charge in [-0.25, -0.2) is 4.79 Å². The number of benzene rings is 2. The molecule has 0 bridgehead atoms. The number of carbonyl (C=O) groups is 2. The Labute approximate surface area is 150 Å². The lowest BCUT2D eigenvalue weighted by molar-refractivity contribution is -0.120. The minimum absolute atomic E-state index is 0.183. The van der Waals surface area contributed by atoms with Crippen LogP contribution in [-0.4, -0.2) is 18.4 Å². The van der Waals surface area contributed by atoms with Crippen molar-refractivity contribution >= 4 is 34.5 Å². The van der Waals surface area contributed by atoms with Crippen molar-refractivity contribution < 1.29 is 18.7 Å². The Kier molecular flexibility index (Phi) is 5.56. The molecule has 0 spiro atoms. The third-order valence-corrected chi connectivity index (χ3v) is 4.68. The van der Waals surface area contributed by atoms with Gasteiger partial charge in [0.25, 0.3) is 0 Å². The number of ketones is 1. The molecule has 0 saturated heterocycles. The van der Waals surface area contributed by atoms with Crippen molar-refractivity contribution in [3.63, 3.8) is 0 Å². The van der Waals surface area contributed by atoms with Crippen molar-refractivity contribution in [3.05, 3.63) is 71.5 Å². The van der Waals surface area contributed by atoms with Crippen LogP contribution in [0.1, 0.15) is 28.6 Å². The fraction of sp³-hybridized carbons (Fsp3) is 0.200. The van der Waals surface area contributed by atoms with E-state index >= 15 is 0 Å². The zero-order valence-corrected chi connectivity index (χ0v) is 14.7. The second-order valence-electron chi connectivity index (χ2n) is 5.66. The number of ether oxygens (including phenoxy) is 1. The SMILES string of the molecule is CC(=O)COC(=O)c1oc2ccccc2c1CSCc1ccccc1. The summed E-state index contributed by atoms with van der Waals surface area (Å²) in [6.45, 7) is 1.13. The van der Waals surface area contributed by atoms with Gasteiger partial charge < -0.3 is 9.15 Å². The number of thioether (sulfide) groups is 1. The maximum Gasteiger partial charge on any atom is 0.375 e. The van der Waals surface area contributed by atoms with Crippen LogP contribution in [0.2, 0.25) is 0 Å². The van der Waals surface area contributed by atoms with E-state index in [-0.39, 0.29) is 18.2 Å². The molecule has 0 aliphatic carbocycles. The number of Topliss-reactive ketones (excluding diaryl/α,β-unsaturated/α-hetero) is 1. The molecule has 4 nitrogen and oxygen atoms in total. The molecule has 0 saturated carbocycles. The van der Waals surface area contributed by atoms with E-state index in [0.717, 1.165) is 16.7 Å². The highest BCUT2D eigenvalue weighted by Crippen LogP contribution is 2.30. The summed E-state index contributed by atoms with van der Waals surface area (Å²) in [6, 6.07) is 17.7. The molecule has 25 heavy (non-hydrogen) atoms. The summed E-state index contributed by atoms with van der Waals surface area (Å²) in [4.78, 5) is 23.3. The van der Waals surface area contributed by atoms with E-state index in [2.05, 4.69) is 12.1 Å². The van der Waals surface area contributed by atoms with Crippen LogP contribution in [0.25, 0.3) is 11.0 Å². The standard InChI is InChI=1S/C20H18O4S/c1-14(21)11-23-20(22)19-17(16-9-5-6-10-18(16)24-19)13-25-12-15-7-3-2-4-8-15/h2-10H,11-13H2,1H3. The van der Waals surface area contributed by atoms with Crippen molar-refractivity contribution in [1.82, 2.24) is 0 Å². The van der Waals surface area contributed by atoms with Crippen LogP contribution >= 0.6 is 11.8 Å². The third-order valence-electron chi connectivity index (χ3n) is 3.65. The largest absolute Gasteiger partial charge is 0.452 e. The number of furan rings is 1. The van der Waals surface area contributed by atoms with Gasteiger partial charge in [0.05, 0.1) is 0 Å². The van der Waals surface area contributed by atoms with E-state index in [1.807, 2.05) is 42.5 Å². The topological polar surface area (TPSA) is 56.5 Å². The number of fused-ring (bicyclic) bond motifs is 1. The Morgan fingerprint density at radius 2 is 1.72 bits per heavy atom. The second-order valence-corrected chi connectivity index (χ2v) is 6.65. The van der Waals surface area contributed by atoms with Crippen LogP contribution in [0.15, 0.2) is 59.0 Å². The predicted molar refractivity (Wildman–Crippen MR) is 98.6 cm³/mol. The fourth-order valence-electron chi connectivity index (χ4n) is 2.48. The first-order valence-corrected chi connectivity index (χ1v) is 9.09. The molecular weight excluding hydrogens is 336 g/mol. The van der Waals surface area contributed by atoms with Gasteiger partial charge >= 0.3 is 5.97 Å². The Morgan fingerprint density at radius 1 is 1.00 bits per heavy atom. The smallest absolute Gasteiger partial charge is 0.375 e. The van der Waals surface area contributed by atoms with Gasteiger partial charge in [-0.05, 0) is 18.6 Å². The number of para-hydroxylation sites is 1. The number of hydrogen-bond donors (Lipinski definition) is 0. The lowest BCUT2D eigenvalue weighted by Crippen LogP contribution is -2.12. The minimum Gasteiger partial charge on any atom is -0.452 e. The molecule has 2 aromatic carbocycles. The zero-order chi connectivity index (χ0) is 17.6. The zero-order valence-electron chi connectivity index (χ0n) is 13.9. The van der Waals surface area contributed by atoms with Crippen LogP contribution in [0, 0.1) is 0 Å². The average Bonchev–Trinajstić information content (AvgIpc) is 2.99. The van der Waals surface area contributed by atoms with Crippen molar-refractivity contribution in [2.45, 2.75) is 18.4 Å². The van der Waals surface area contributed by atoms with Gasteiger partial charge in [0.1, 0.15) is 12.2 Å². The normalized spacial score (nSPS) is 10.8. The molecule has 0 N–H and O–H groups in total. The molecule has 0 aliphatic rings. The van der Waals surface area contributed by atoms with E-state index in [1.165, 1.54) is 12.5 Å². The van der Waals surface area contributed by atoms with Gasteiger partial charge in [-0.15, -0.1) is 0 Å². The molecule has 0 radical (unpaired) electrons. The maximum atomic E-state index is 12.3. The van der Waals surface area contributed by atoms with E-state index in [0.29, 0.717) is 11.3 Å². The minimum atomic E-state index is -0.596. The predicted octanol–water partition coefficient (Wildman–Crippen LogP) is 4.61. The summed E-state index contributed by atoms with van der Waals surface area (Å²) < 4.78 is 10.7. The highest BCUT2D eigenvalue weighted by molar-refractivity contribution is 7.97. The molecule has 5 heteroatoms. The Bertz CT molecular complexity index is 883. The van der Waals surface area contributed by atoms with E-state index in [4.69, 9.17) is 9.15 Å². The van der Waals surface area contributed by atoms with Gasteiger partial charge in [-0.1, -0.05) is 48.5 Å². The van der Waals surface area contributed by atoms with Crippen LogP contribution in [0.5, 0.6) is 0 Å². The summed E-state index contributed by atoms with van der Waals surface area (Å²) in [6.07, 6.45) is 0. The monoisotopic (exact) mass is 354 g/mol. The fourth-order valence-corrected chi connectivity index (χ4v) is 3.51. The van der Waals surface area contributed by atoms with Crippen LogP contribution in [0.3, 0.4) is 0 Å². The van der Waals surface area contributed by atoms with Crippen molar-refractivity contribution in [2.75, 3.05) is 6.61 Å².